The fourth-order valence-electron chi connectivity index (χ4n) is 3.63. The van der Waals surface area contributed by atoms with Crippen LogP contribution in [-0.2, 0) is 6.54 Å². The van der Waals surface area contributed by atoms with Crippen molar-refractivity contribution in [3.05, 3.63) is 47.8 Å². The molecule has 0 atom stereocenters. The third-order valence-corrected chi connectivity index (χ3v) is 5.34. The molecule has 0 aliphatic carbocycles. The Morgan fingerprint density at radius 2 is 1.90 bits per heavy atom. The molecule has 2 N–H and O–H groups in total. The summed E-state index contributed by atoms with van der Waals surface area (Å²) in [5.74, 6) is 2.58. The molecule has 0 unspecified atom stereocenters. The lowest BCUT2D eigenvalue weighted by atomic mass is 10.1. The number of rotatable bonds is 9. The first-order valence-electron chi connectivity index (χ1n) is 11.1. The maximum atomic E-state index is 5.77. The smallest absolute Gasteiger partial charge is 0.225 e. The summed E-state index contributed by atoms with van der Waals surface area (Å²) in [4.78, 5) is 17.8. The van der Waals surface area contributed by atoms with Gasteiger partial charge in [0.1, 0.15) is 5.75 Å². The molecule has 1 aromatic heterocycles. The minimum absolute atomic E-state index is 0.663. The van der Waals surface area contributed by atoms with E-state index in [0.717, 1.165) is 68.9 Å². The number of aryl methyl sites for hydroxylation is 1. The highest BCUT2D eigenvalue weighted by atomic mass is 16.5. The van der Waals surface area contributed by atoms with Gasteiger partial charge >= 0.3 is 0 Å². The molecule has 1 aliphatic heterocycles. The predicted molar refractivity (Wildman–Crippen MR) is 126 cm³/mol. The molecule has 2 heterocycles. The second kappa shape index (κ2) is 12.1. The van der Waals surface area contributed by atoms with Crippen molar-refractivity contribution in [1.82, 2.24) is 25.5 Å². The van der Waals surface area contributed by atoms with Gasteiger partial charge in [0.05, 0.1) is 6.61 Å². The summed E-state index contributed by atoms with van der Waals surface area (Å²) in [6, 6.07) is 8.16. The standard InChI is InChI=1S/C23H35N7O/c1-4-31-21-17-19(2)7-8-20(21)18-28-22(24-3)25-11-6-12-29-13-15-30(16-14-29)23-26-9-5-10-27-23/h5,7-10,17H,4,6,11-16,18H2,1-3H3,(H2,24,25,28). The van der Waals surface area contributed by atoms with Gasteiger partial charge in [-0.25, -0.2) is 9.97 Å². The highest BCUT2D eigenvalue weighted by Gasteiger charge is 2.18. The molecule has 1 aliphatic rings. The number of anilines is 1. The van der Waals surface area contributed by atoms with E-state index >= 15 is 0 Å². The largest absolute Gasteiger partial charge is 0.494 e. The zero-order chi connectivity index (χ0) is 21.9. The van der Waals surface area contributed by atoms with E-state index in [1.54, 1.807) is 19.4 Å². The first-order chi connectivity index (χ1) is 15.2. The molecule has 31 heavy (non-hydrogen) atoms. The predicted octanol–water partition coefficient (Wildman–Crippen LogP) is 2.06. The first kappa shape index (κ1) is 22.8. The minimum atomic E-state index is 0.663. The van der Waals surface area contributed by atoms with Crippen molar-refractivity contribution in [2.75, 3.05) is 57.8 Å². The van der Waals surface area contributed by atoms with Gasteiger partial charge in [-0.15, -0.1) is 0 Å². The summed E-state index contributed by atoms with van der Waals surface area (Å²) in [6.45, 7) is 11.4. The third-order valence-electron chi connectivity index (χ3n) is 5.34. The number of aliphatic imine (C=N–C) groups is 1. The van der Waals surface area contributed by atoms with Crippen LogP contribution in [0.3, 0.4) is 0 Å². The van der Waals surface area contributed by atoms with Gasteiger partial charge in [-0.2, -0.15) is 0 Å². The SMILES string of the molecule is CCOc1cc(C)ccc1CNC(=NC)NCCCN1CCN(c2ncccn2)CC1. The molecule has 0 spiro atoms. The minimum Gasteiger partial charge on any atom is -0.494 e. The number of ether oxygens (including phenoxy) is 1. The van der Waals surface area contributed by atoms with Gasteiger partial charge in [0.25, 0.3) is 0 Å². The van der Waals surface area contributed by atoms with E-state index in [1.165, 1.54) is 5.56 Å². The number of benzene rings is 1. The van der Waals surface area contributed by atoms with Crippen LogP contribution < -0.4 is 20.3 Å². The summed E-state index contributed by atoms with van der Waals surface area (Å²) in [7, 11) is 1.80. The van der Waals surface area contributed by atoms with Crippen molar-refractivity contribution in [2.24, 2.45) is 4.99 Å². The number of guanidine groups is 1. The molecule has 0 bridgehead atoms. The molecule has 1 fully saturated rings. The molecule has 8 nitrogen and oxygen atoms in total. The normalized spacial score (nSPS) is 15.1. The quantitative estimate of drug-likeness (QED) is 0.362. The molecular weight excluding hydrogens is 390 g/mol. The number of nitrogens with zero attached hydrogens (tertiary/aromatic N) is 5. The maximum absolute atomic E-state index is 5.77. The zero-order valence-electron chi connectivity index (χ0n) is 19.0. The van der Waals surface area contributed by atoms with Crippen molar-refractivity contribution < 1.29 is 4.74 Å². The molecule has 1 aromatic carbocycles. The van der Waals surface area contributed by atoms with Crippen LogP contribution in [0.15, 0.2) is 41.7 Å². The highest BCUT2D eigenvalue weighted by molar-refractivity contribution is 5.79. The van der Waals surface area contributed by atoms with Gasteiger partial charge < -0.3 is 20.3 Å². The van der Waals surface area contributed by atoms with E-state index in [4.69, 9.17) is 4.74 Å². The fraction of sp³-hybridized carbons (Fsp3) is 0.522. The van der Waals surface area contributed by atoms with Gasteiger partial charge in [-0.05, 0) is 44.5 Å². The molecule has 168 valence electrons. The Morgan fingerprint density at radius 3 is 2.61 bits per heavy atom. The Hall–Kier alpha value is -2.87. The van der Waals surface area contributed by atoms with Crippen LogP contribution in [0.25, 0.3) is 0 Å². The number of hydrogen-bond acceptors (Lipinski definition) is 6. The van der Waals surface area contributed by atoms with E-state index in [1.807, 2.05) is 13.0 Å². The van der Waals surface area contributed by atoms with E-state index in [0.29, 0.717) is 13.2 Å². The van der Waals surface area contributed by atoms with Gasteiger partial charge in [0.2, 0.25) is 5.95 Å². The Balaban J connectivity index is 1.35. The van der Waals surface area contributed by atoms with Crippen molar-refractivity contribution in [3.63, 3.8) is 0 Å². The van der Waals surface area contributed by atoms with Crippen LogP contribution in [0.4, 0.5) is 5.95 Å². The Labute approximate surface area is 185 Å². The molecule has 2 aromatic rings. The van der Waals surface area contributed by atoms with Crippen LogP contribution in [0.5, 0.6) is 5.75 Å². The average Bonchev–Trinajstić information content (AvgIpc) is 2.81. The summed E-state index contributed by atoms with van der Waals surface area (Å²) in [5, 5.41) is 6.81. The summed E-state index contributed by atoms with van der Waals surface area (Å²) in [5.41, 5.74) is 2.34. The molecule has 8 heteroatoms. The monoisotopic (exact) mass is 425 g/mol. The Morgan fingerprint density at radius 1 is 1.13 bits per heavy atom. The van der Waals surface area contributed by atoms with E-state index in [9.17, 15) is 0 Å². The lowest BCUT2D eigenvalue weighted by Gasteiger charge is -2.34. The molecule has 3 rings (SSSR count). The number of nitrogens with one attached hydrogen (secondary N) is 2. The van der Waals surface area contributed by atoms with Crippen molar-refractivity contribution in [3.8, 4) is 5.75 Å². The highest BCUT2D eigenvalue weighted by Crippen LogP contribution is 2.20. The van der Waals surface area contributed by atoms with Gasteiger partial charge in [-0.3, -0.25) is 9.89 Å². The second-order valence-electron chi connectivity index (χ2n) is 7.63. The van der Waals surface area contributed by atoms with Gasteiger partial charge in [-0.1, -0.05) is 12.1 Å². The van der Waals surface area contributed by atoms with Crippen LogP contribution in [0.2, 0.25) is 0 Å². The summed E-state index contributed by atoms with van der Waals surface area (Å²) in [6.07, 6.45) is 4.67. The lowest BCUT2D eigenvalue weighted by Crippen LogP contribution is -2.47. The molecule has 1 saturated heterocycles. The number of aromatic nitrogens is 2. The fourth-order valence-corrected chi connectivity index (χ4v) is 3.63. The molecule has 0 saturated carbocycles. The van der Waals surface area contributed by atoms with E-state index < -0.39 is 0 Å². The van der Waals surface area contributed by atoms with Crippen molar-refractivity contribution in [2.45, 2.75) is 26.8 Å². The second-order valence-corrected chi connectivity index (χ2v) is 7.63. The zero-order valence-corrected chi connectivity index (χ0v) is 19.0. The third kappa shape index (κ3) is 7.10. The maximum Gasteiger partial charge on any atom is 0.225 e. The van der Waals surface area contributed by atoms with Crippen LogP contribution >= 0.6 is 0 Å². The Bertz CT molecular complexity index is 820. The van der Waals surface area contributed by atoms with Gasteiger partial charge in [0.15, 0.2) is 5.96 Å². The summed E-state index contributed by atoms with van der Waals surface area (Å²) >= 11 is 0. The molecule has 0 amide bonds. The lowest BCUT2D eigenvalue weighted by molar-refractivity contribution is 0.254. The van der Waals surface area contributed by atoms with Crippen LogP contribution in [0, 0.1) is 6.92 Å². The number of piperazine rings is 1. The van der Waals surface area contributed by atoms with Crippen LogP contribution in [0.1, 0.15) is 24.5 Å². The van der Waals surface area contributed by atoms with Crippen molar-refractivity contribution >= 4 is 11.9 Å². The van der Waals surface area contributed by atoms with Crippen LogP contribution in [-0.4, -0.2) is 73.8 Å². The molecular formula is C23H35N7O. The van der Waals surface area contributed by atoms with Crippen molar-refractivity contribution in [1.29, 1.82) is 0 Å². The topological polar surface area (TPSA) is 77.9 Å². The average molecular weight is 426 g/mol. The van der Waals surface area contributed by atoms with Gasteiger partial charge in [0, 0.05) is 64.3 Å². The Kier molecular flexibility index (Phi) is 8.90. The van der Waals surface area contributed by atoms with E-state index in [2.05, 4.69) is 60.5 Å². The number of hydrogen-bond donors (Lipinski definition) is 2. The molecule has 0 radical (unpaired) electrons. The first-order valence-corrected chi connectivity index (χ1v) is 11.1. The van der Waals surface area contributed by atoms with E-state index in [-0.39, 0.29) is 0 Å². The summed E-state index contributed by atoms with van der Waals surface area (Å²) < 4.78 is 5.77.